The summed E-state index contributed by atoms with van der Waals surface area (Å²) in [5.41, 5.74) is 2.36. The minimum absolute atomic E-state index is 0.342. The molecular formula is C17H24N2S. The van der Waals surface area contributed by atoms with Gasteiger partial charge in [0.25, 0.3) is 0 Å². The summed E-state index contributed by atoms with van der Waals surface area (Å²) in [4.78, 5) is 1.34. The molecule has 3 heteroatoms. The van der Waals surface area contributed by atoms with Crippen molar-refractivity contribution in [1.82, 2.24) is 5.32 Å². The van der Waals surface area contributed by atoms with Crippen LogP contribution in [0.1, 0.15) is 43.7 Å². The number of hydrogen-bond acceptors (Lipinski definition) is 3. The molecule has 1 aliphatic carbocycles. The van der Waals surface area contributed by atoms with Gasteiger partial charge in [-0.05, 0) is 75.5 Å². The Morgan fingerprint density at radius 3 is 2.70 bits per heavy atom. The summed E-state index contributed by atoms with van der Waals surface area (Å²) in [7, 11) is 0. The van der Waals surface area contributed by atoms with E-state index in [9.17, 15) is 5.26 Å². The van der Waals surface area contributed by atoms with E-state index in [1.165, 1.54) is 28.9 Å². The van der Waals surface area contributed by atoms with E-state index >= 15 is 0 Å². The number of aryl methyl sites for hydroxylation is 2. The third-order valence-corrected chi connectivity index (χ3v) is 5.00. The van der Waals surface area contributed by atoms with Gasteiger partial charge in [-0.25, -0.2) is 0 Å². The fraction of sp³-hybridized carbons (Fsp3) is 0.588. The minimum Gasteiger partial charge on any atom is -0.297 e. The van der Waals surface area contributed by atoms with Crippen LogP contribution in [0.15, 0.2) is 23.1 Å². The molecule has 0 amide bonds. The Kier molecular flexibility index (Phi) is 5.12. The Hall–Kier alpha value is -0.980. The number of nitrogens with one attached hydrogen (secondary N) is 1. The Morgan fingerprint density at radius 2 is 2.10 bits per heavy atom. The molecule has 0 saturated heterocycles. The highest BCUT2D eigenvalue weighted by atomic mass is 32.2. The first-order valence-corrected chi connectivity index (χ1v) is 8.40. The minimum atomic E-state index is -0.342. The molecule has 0 aromatic heterocycles. The molecule has 1 fully saturated rings. The summed E-state index contributed by atoms with van der Waals surface area (Å²) in [6.07, 6.45) is 4.46. The molecule has 0 bridgehead atoms. The number of rotatable bonds is 7. The van der Waals surface area contributed by atoms with E-state index in [1.54, 1.807) is 0 Å². The molecule has 1 aliphatic rings. The van der Waals surface area contributed by atoms with Crippen LogP contribution < -0.4 is 5.32 Å². The third-order valence-electron chi connectivity index (χ3n) is 3.92. The molecule has 0 spiro atoms. The van der Waals surface area contributed by atoms with Crippen molar-refractivity contribution < 1.29 is 0 Å². The fourth-order valence-corrected chi connectivity index (χ4v) is 3.21. The van der Waals surface area contributed by atoms with Gasteiger partial charge >= 0.3 is 0 Å². The molecule has 1 aromatic rings. The summed E-state index contributed by atoms with van der Waals surface area (Å²) in [5, 5.41) is 12.8. The highest BCUT2D eigenvalue weighted by Crippen LogP contribution is 2.26. The Morgan fingerprint density at radius 1 is 1.35 bits per heavy atom. The van der Waals surface area contributed by atoms with E-state index < -0.39 is 0 Å². The van der Waals surface area contributed by atoms with Crippen molar-refractivity contribution in [1.29, 1.82) is 5.26 Å². The predicted octanol–water partition coefficient (Wildman–Crippen LogP) is 4.21. The molecule has 20 heavy (non-hydrogen) atoms. The zero-order valence-electron chi connectivity index (χ0n) is 12.7. The average Bonchev–Trinajstić information content (AvgIpc) is 3.22. The van der Waals surface area contributed by atoms with Crippen LogP contribution in [0.25, 0.3) is 0 Å². The van der Waals surface area contributed by atoms with E-state index in [1.807, 2.05) is 18.7 Å². The second-order valence-corrected chi connectivity index (χ2v) is 7.23. The maximum atomic E-state index is 9.33. The van der Waals surface area contributed by atoms with Crippen LogP contribution in [0.3, 0.4) is 0 Å². The molecular weight excluding hydrogens is 264 g/mol. The quantitative estimate of drug-likeness (QED) is 0.603. The van der Waals surface area contributed by atoms with Crippen LogP contribution in [0.5, 0.6) is 0 Å². The van der Waals surface area contributed by atoms with Crippen LogP contribution in [0.4, 0.5) is 0 Å². The normalized spacial score (nSPS) is 17.5. The molecule has 0 radical (unpaired) electrons. The predicted molar refractivity (Wildman–Crippen MR) is 86.0 cm³/mol. The van der Waals surface area contributed by atoms with E-state index in [2.05, 4.69) is 43.4 Å². The topological polar surface area (TPSA) is 35.8 Å². The Bertz CT molecular complexity index is 502. The zero-order valence-corrected chi connectivity index (χ0v) is 13.5. The van der Waals surface area contributed by atoms with Gasteiger partial charge in [0.2, 0.25) is 0 Å². The van der Waals surface area contributed by atoms with Crippen LogP contribution in [0, 0.1) is 25.2 Å². The molecule has 2 rings (SSSR count). The molecule has 1 N–H and O–H groups in total. The molecule has 2 nitrogen and oxygen atoms in total. The number of benzene rings is 1. The number of hydrogen-bond donors (Lipinski definition) is 1. The summed E-state index contributed by atoms with van der Waals surface area (Å²) in [6.45, 7) is 6.34. The number of nitrogens with zero attached hydrogens (tertiary/aromatic N) is 1. The molecule has 0 aliphatic heterocycles. The van der Waals surface area contributed by atoms with Gasteiger partial charge in [-0.1, -0.05) is 6.07 Å². The van der Waals surface area contributed by atoms with Gasteiger partial charge in [-0.3, -0.25) is 5.32 Å². The van der Waals surface area contributed by atoms with E-state index in [0.717, 1.165) is 18.6 Å². The monoisotopic (exact) mass is 288 g/mol. The van der Waals surface area contributed by atoms with Gasteiger partial charge in [-0.15, -0.1) is 11.8 Å². The van der Waals surface area contributed by atoms with Gasteiger partial charge in [0, 0.05) is 10.9 Å². The van der Waals surface area contributed by atoms with E-state index in [0.29, 0.717) is 6.04 Å². The first-order valence-electron chi connectivity index (χ1n) is 7.41. The van der Waals surface area contributed by atoms with Gasteiger partial charge in [0.1, 0.15) is 5.54 Å². The second-order valence-electron chi connectivity index (χ2n) is 6.06. The lowest BCUT2D eigenvalue weighted by Crippen LogP contribution is -2.42. The lowest BCUT2D eigenvalue weighted by atomic mass is 9.98. The molecule has 1 atom stereocenters. The smallest absolute Gasteiger partial charge is 0.104 e. The SMILES string of the molecule is Cc1ccc(SCCCC(C)(C#N)NC2CC2)cc1C. The average molecular weight is 288 g/mol. The van der Waals surface area contributed by atoms with Gasteiger partial charge < -0.3 is 0 Å². The number of nitriles is 1. The lowest BCUT2D eigenvalue weighted by molar-refractivity contribution is 0.412. The van der Waals surface area contributed by atoms with E-state index in [4.69, 9.17) is 0 Å². The van der Waals surface area contributed by atoms with Gasteiger partial charge in [0.15, 0.2) is 0 Å². The first kappa shape index (κ1) is 15.4. The summed E-state index contributed by atoms with van der Waals surface area (Å²) >= 11 is 1.89. The molecule has 1 unspecified atom stereocenters. The van der Waals surface area contributed by atoms with E-state index in [-0.39, 0.29) is 5.54 Å². The zero-order chi connectivity index (χ0) is 14.6. The Balaban J connectivity index is 1.74. The second kappa shape index (κ2) is 6.65. The molecule has 1 aromatic carbocycles. The number of thioether (sulfide) groups is 1. The summed E-state index contributed by atoms with van der Waals surface area (Å²) in [5.74, 6) is 1.08. The molecule has 0 heterocycles. The molecule has 1 saturated carbocycles. The van der Waals surface area contributed by atoms with Crippen molar-refractivity contribution >= 4 is 11.8 Å². The van der Waals surface area contributed by atoms with Gasteiger partial charge in [0.05, 0.1) is 6.07 Å². The van der Waals surface area contributed by atoms with Gasteiger partial charge in [-0.2, -0.15) is 5.26 Å². The van der Waals surface area contributed by atoms with Crippen molar-refractivity contribution in [3.05, 3.63) is 29.3 Å². The first-order chi connectivity index (χ1) is 9.52. The van der Waals surface area contributed by atoms with Crippen LogP contribution in [-0.2, 0) is 0 Å². The highest BCUT2D eigenvalue weighted by molar-refractivity contribution is 7.99. The van der Waals surface area contributed by atoms with Crippen LogP contribution >= 0.6 is 11.8 Å². The third kappa shape index (κ3) is 4.54. The lowest BCUT2D eigenvalue weighted by Gasteiger charge is -2.23. The largest absolute Gasteiger partial charge is 0.297 e. The Labute approximate surface area is 127 Å². The highest BCUT2D eigenvalue weighted by Gasteiger charge is 2.31. The maximum absolute atomic E-state index is 9.33. The maximum Gasteiger partial charge on any atom is 0.104 e. The standard InChI is InChI=1S/C17H24N2S/c1-13-5-8-16(11-14(13)2)20-10-4-9-17(3,12-18)19-15-6-7-15/h5,8,11,15,19H,4,6-7,9-10H2,1-3H3. The van der Waals surface area contributed by atoms with Crippen molar-refractivity contribution in [2.75, 3.05) is 5.75 Å². The van der Waals surface area contributed by atoms with Crippen molar-refractivity contribution in [3.8, 4) is 6.07 Å². The van der Waals surface area contributed by atoms with Crippen molar-refractivity contribution in [3.63, 3.8) is 0 Å². The van der Waals surface area contributed by atoms with Crippen LogP contribution in [-0.4, -0.2) is 17.3 Å². The molecule has 108 valence electrons. The fourth-order valence-electron chi connectivity index (χ4n) is 2.26. The van der Waals surface area contributed by atoms with Crippen molar-refractivity contribution in [2.24, 2.45) is 0 Å². The van der Waals surface area contributed by atoms with Crippen molar-refractivity contribution in [2.45, 2.75) is 62.9 Å². The summed E-state index contributed by atoms with van der Waals surface area (Å²) in [6, 6.07) is 9.67. The van der Waals surface area contributed by atoms with Crippen LogP contribution in [0.2, 0.25) is 0 Å². The summed E-state index contributed by atoms with van der Waals surface area (Å²) < 4.78 is 0.